The number of aryl methyl sites for hydroxylation is 1. The van der Waals surface area contributed by atoms with Crippen molar-refractivity contribution in [3.8, 4) is 0 Å². The van der Waals surface area contributed by atoms with E-state index in [2.05, 4.69) is 11.4 Å². The van der Waals surface area contributed by atoms with Crippen LogP contribution in [0.15, 0.2) is 18.2 Å². The standard InChI is InChI=1S/C17H22ClNO2/c1-2-21-14-7-11(8-14)9-15(18)12-3-5-16-13(10-12)4-6-17(20)19-16/h3,5,10-11,14-15H,2,4,6-9H2,1H3,(H,19,20). The lowest BCUT2D eigenvalue weighted by Gasteiger charge is -2.36. The zero-order valence-electron chi connectivity index (χ0n) is 12.4. The number of anilines is 1. The van der Waals surface area contributed by atoms with Gasteiger partial charge in [-0.3, -0.25) is 4.79 Å². The number of alkyl halides is 1. The predicted molar refractivity (Wildman–Crippen MR) is 84.7 cm³/mol. The van der Waals surface area contributed by atoms with Gasteiger partial charge in [-0.25, -0.2) is 0 Å². The monoisotopic (exact) mass is 307 g/mol. The molecule has 3 nitrogen and oxygen atoms in total. The van der Waals surface area contributed by atoms with Gasteiger partial charge in [-0.1, -0.05) is 12.1 Å². The Bertz CT molecular complexity index is 526. The van der Waals surface area contributed by atoms with Crippen LogP contribution >= 0.6 is 11.6 Å². The molecule has 1 aliphatic heterocycles. The van der Waals surface area contributed by atoms with E-state index in [1.807, 2.05) is 19.1 Å². The summed E-state index contributed by atoms with van der Waals surface area (Å²) in [5.74, 6) is 0.786. The number of benzene rings is 1. The van der Waals surface area contributed by atoms with E-state index in [1.165, 1.54) is 11.1 Å². The lowest BCUT2D eigenvalue weighted by atomic mass is 9.78. The second-order valence-electron chi connectivity index (χ2n) is 6.08. The van der Waals surface area contributed by atoms with Gasteiger partial charge in [-0.2, -0.15) is 0 Å². The molecule has 0 aromatic heterocycles. The Morgan fingerprint density at radius 1 is 1.38 bits per heavy atom. The number of nitrogens with one attached hydrogen (secondary N) is 1. The number of fused-ring (bicyclic) bond motifs is 1. The van der Waals surface area contributed by atoms with E-state index >= 15 is 0 Å². The normalized spacial score (nSPS) is 25.7. The maximum Gasteiger partial charge on any atom is 0.224 e. The van der Waals surface area contributed by atoms with Gasteiger partial charge in [0, 0.05) is 18.7 Å². The number of carbonyl (C=O) groups excluding carboxylic acids is 1. The molecule has 4 heteroatoms. The third-order valence-corrected chi connectivity index (χ3v) is 4.95. The van der Waals surface area contributed by atoms with Gasteiger partial charge in [-0.05, 0) is 55.7 Å². The number of rotatable bonds is 5. The Balaban J connectivity index is 1.58. The number of amides is 1. The largest absolute Gasteiger partial charge is 0.378 e. The van der Waals surface area contributed by atoms with Crippen molar-refractivity contribution in [1.82, 2.24) is 0 Å². The molecular formula is C17H22ClNO2. The van der Waals surface area contributed by atoms with Crippen molar-refractivity contribution in [2.45, 2.75) is 50.5 Å². The SMILES string of the molecule is CCOC1CC(CC(Cl)c2ccc3c(c2)CCC(=O)N3)C1. The van der Waals surface area contributed by atoms with Gasteiger partial charge in [0.05, 0.1) is 11.5 Å². The molecule has 1 unspecified atom stereocenters. The Labute approximate surface area is 131 Å². The van der Waals surface area contributed by atoms with Crippen LogP contribution in [0.4, 0.5) is 5.69 Å². The Kier molecular flexibility index (Phi) is 4.51. The fraction of sp³-hybridized carbons (Fsp3) is 0.588. The molecule has 1 fully saturated rings. The minimum atomic E-state index is 0.0560. The van der Waals surface area contributed by atoms with Crippen LogP contribution in [-0.4, -0.2) is 18.6 Å². The fourth-order valence-electron chi connectivity index (χ4n) is 3.27. The smallest absolute Gasteiger partial charge is 0.224 e. The van der Waals surface area contributed by atoms with Crippen molar-refractivity contribution in [2.75, 3.05) is 11.9 Å². The van der Waals surface area contributed by atoms with Crippen LogP contribution in [0.25, 0.3) is 0 Å². The summed E-state index contributed by atoms with van der Waals surface area (Å²) in [6.45, 7) is 2.85. The summed E-state index contributed by atoms with van der Waals surface area (Å²) >= 11 is 6.58. The molecule has 1 atom stereocenters. The van der Waals surface area contributed by atoms with Crippen molar-refractivity contribution in [1.29, 1.82) is 0 Å². The lowest BCUT2D eigenvalue weighted by Crippen LogP contribution is -2.31. The number of hydrogen-bond acceptors (Lipinski definition) is 2. The van der Waals surface area contributed by atoms with Crippen molar-refractivity contribution in [3.63, 3.8) is 0 Å². The highest BCUT2D eigenvalue weighted by atomic mass is 35.5. The average Bonchev–Trinajstić information content (AvgIpc) is 2.44. The molecule has 3 rings (SSSR count). The molecule has 1 aromatic carbocycles. The Morgan fingerprint density at radius 3 is 2.95 bits per heavy atom. The molecular weight excluding hydrogens is 286 g/mol. The van der Waals surface area contributed by atoms with Crippen molar-refractivity contribution >= 4 is 23.2 Å². The summed E-state index contributed by atoms with van der Waals surface area (Å²) in [4.78, 5) is 11.4. The van der Waals surface area contributed by atoms with Crippen LogP contribution < -0.4 is 5.32 Å². The molecule has 2 aliphatic rings. The number of carbonyl (C=O) groups is 1. The molecule has 1 N–H and O–H groups in total. The van der Waals surface area contributed by atoms with E-state index < -0.39 is 0 Å². The molecule has 0 spiro atoms. The molecule has 1 aliphatic carbocycles. The van der Waals surface area contributed by atoms with Gasteiger partial charge >= 0.3 is 0 Å². The zero-order valence-corrected chi connectivity index (χ0v) is 13.2. The van der Waals surface area contributed by atoms with Gasteiger partial charge in [-0.15, -0.1) is 11.6 Å². The maximum atomic E-state index is 11.4. The second kappa shape index (κ2) is 6.37. The van der Waals surface area contributed by atoms with E-state index in [1.54, 1.807) is 0 Å². The van der Waals surface area contributed by atoms with E-state index in [4.69, 9.17) is 16.3 Å². The van der Waals surface area contributed by atoms with Crippen molar-refractivity contribution in [3.05, 3.63) is 29.3 Å². The van der Waals surface area contributed by atoms with Gasteiger partial charge in [0.25, 0.3) is 0 Å². The summed E-state index contributed by atoms with van der Waals surface area (Å²) in [6.07, 6.45) is 5.12. The van der Waals surface area contributed by atoms with E-state index in [0.717, 1.165) is 38.0 Å². The van der Waals surface area contributed by atoms with E-state index in [9.17, 15) is 4.79 Å². The average molecular weight is 308 g/mol. The summed E-state index contributed by atoms with van der Waals surface area (Å²) < 4.78 is 5.60. The van der Waals surface area contributed by atoms with E-state index in [-0.39, 0.29) is 11.3 Å². The number of ether oxygens (including phenoxy) is 1. The first-order chi connectivity index (χ1) is 10.2. The van der Waals surface area contributed by atoms with Crippen LogP contribution in [0.1, 0.15) is 49.1 Å². The van der Waals surface area contributed by atoms with Crippen molar-refractivity contribution < 1.29 is 9.53 Å². The minimum Gasteiger partial charge on any atom is -0.378 e. The van der Waals surface area contributed by atoms with Crippen LogP contribution in [0, 0.1) is 5.92 Å². The van der Waals surface area contributed by atoms with Crippen LogP contribution in [0.2, 0.25) is 0 Å². The minimum absolute atomic E-state index is 0.0560. The number of halogens is 1. The third kappa shape index (κ3) is 3.41. The molecule has 0 saturated heterocycles. The second-order valence-corrected chi connectivity index (χ2v) is 6.61. The summed E-state index contributed by atoms with van der Waals surface area (Å²) in [6, 6.07) is 6.19. The van der Waals surface area contributed by atoms with E-state index in [0.29, 0.717) is 18.4 Å². The quantitative estimate of drug-likeness (QED) is 0.833. The maximum absolute atomic E-state index is 11.4. The van der Waals surface area contributed by atoms with Crippen LogP contribution in [-0.2, 0) is 16.0 Å². The third-order valence-electron chi connectivity index (χ3n) is 4.52. The summed E-state index contributed by atoms with van der Waals surface area (Å²) in [5.41, 5.74) is 3.32. The predicted octanol–water partition coefficient (Wildman–Crippen LogP) is 4.06. The van der Waals surface area contributed by atoms with Gasteiger partial charge < -0.3 is 10.1 Å². The summed E-state index contributed by atoms with van der Waals surface area (Å²) in [5, 5.41) is 2.97. The first kappa shape index (κ1) is 14.9. The highest BCUT2D eigenvalue weighted by Crippen LogP contribution is 2.40. The van der Waals surface area contributed by atoms with Gasteiger partial charge in [0.15, 0.2) is 0 Å². The zero-order chi connectivity index (χ0) is 14.8. The molecule has 0 radical (unpaired) electrons. The van der Waals surface area contributed by atoms with Crippen molar-refractivity contribution in [2.24, 2.45) is 5.92 Å². The van der Waals surface area contributed by atoms with Crippen LogP contribution in [0.3, 0.4) is 0 Å². The first-order valence-corrected chi connectivity index (χ1v) is 8.27. The molecule has 1 aromatic rings. The topological polar surface area (TPSA) is 38.3 Å². The number of hydrogen-bond donors (Lipinski definition) is 1. The summed E-state index contributed by atoms with van der Waals surface area (Å²) in [7, 11) is 0. The lowest BCUT2D eigenvalue weighted by molar-refractivity contribution is -0.116. The van der Waals surface area contributed by atoms with Crippen LogP contribution in [0.5, 0.6) is 0 Å². The Hall–Kier alpha value is -1.06. The highest BCUT2D eigenvalue weighted by Gasteiger charge is 2.31. The molecule has 1 saturated carbocycles. The van der Waals surface area contributed by atoms with Gasteiger partial charge in [0.1, 0.15) is 0 Å². The first-order valence-electron chi connectivity index (χ1n) is 7.84. The molecule has 1 amide bonds. The van der Waals surface area contributed by atoms with Gasteiger partial charge in [0.2, 0.25) is 5.91 Å². The molecule has 0 bridgehead atoms. The Morgan fingerprint density at radius 2 is 2.19 bits per heavy atom. The highest BCUT2D eigenvalue weighted by molar-refractivity contribution is 6.20. The molecule has 21 heavy (non-hydrogen) atoms. The fourth-order valence-corrected chi connectivity index (χ4v) is 3.65. The molecule has 114 valence electrons. The molecule has 1 heterocycles.